The minimum absolute atomic E-state index is 0.430. The van der Waals surface area contributed by atoms with Gasteiger partial charge in [0.1, 0.15) is 11.2 Å². The number of hydrogen-bond donors (Lipinski definition) is 0. The average molecular weight is 368 g/mol. The molecule has 1 aliphatic heterocycles. The first-order valence-electron chi connectivity index (χ1n) is 8.89. The molecule has 0 saturated carbocycles. The maximum absolute atomic E-state index is 5.73. The molecule has 2 bridgehead atoms. The maximum atomic E-state index is 5.73. The van der Waals surface area contributed by atoms with Crippen molar-refractivity contribution in [1.29, 1.82) is 0 Å². The molecular formula is C20H32O6. The van der Waals surface area contributed by atoms with Crippen LogP contribution in [0, 0.1) is 0 Å². The maximum Gasteiger partial charge on any atom is 0.194 e. The van der Waals surface area contributed by atoms with Crippen LogP contribution in [0.15, 0.2) is 12.1 Å². The van der Waals surface area contributed by atoms with Gasteiger partial charge in [-0.2, -0.15) is 0 Å². The summed E-state index contributed by atoms with van der Waals surface area (Å²) in [5, 5.41) is 0. The van der Waals surface area contributed by atoms with Crippen LogP contribution in [0.4, 0.5) is 0 Å². The van der Waals surface area contributed by atoms with Crippen LogP contribution in [0.3, 0.4) is 0 Å². The van der Waals surface area contributed by atoms with Crippen molar-refractivity contribution in [2.75, 3.05) is 0 Å². The molecule has 6 heteroatoms. The Hall–Kier alpha value is -1.34. The zero-order chi connectivity index (χ0) is 20.0. The molecule has 0 aromatic heterocycles. The van der Waals surface area contributed by atoms with Crippen LogP contribution in [0.5, 0.6) is 11.5 Å². The number of hydrogen-bond acceptors (Lipinski definition) is 6. The topological polar surface area (TPSA) is 55.4 Å². The van der Waals surface area contributed by atoms with E-state index in [-0.39, 0.29) is 0 Å². The molecule has 2 rings (SSSR count). The van der Waals surface area contributed by atoms with Crippen LogP contribution in [0.25, 0.3) is 0 Å². The lowest BCUT2D eigenvalue weighted by Crippen LogP contribution is -2.31. The average Bonchev–Trinajstić information content (AvgIpc) is 2.76. The summed E-state index contributed by atoms with van der Waals surface area (Å²) in [6.07, 6.45) is 0. The van der Waals surface area contributed by atoms with Crippen molar-refractivity contribution in [3.8, 4) is 11.5 Å². The molecule has 0 spiro atoms. The van der Waals surface area contributed by atoms with Gasteiger partial charge in [-0.25, -0.2) is 19.6 Å². The molecule has 1 aromatic carbocycles. The molecule has 0 fully saturated rings. The third kappa shape index (κ3) is 4.88. The van der Waals surface area contributed by atoms with Gasteiger partial charge in [0.15, 0.2) is 11.5 Å². The van der Waals surface area contributed by atoms with Gasteiger partial charge in [-0.05, 0) is 81.4 Å². The fourth-order valence-corrected chi connectivity index (χ4v) is 2.40. The zero-order valence-electron chi connectivity index (χ0n) is 17.6. The molecule has 0 atom stereocenters. The van der Waals surface area contributed by atoms with E-state index in [0.29, 0.717) is 11.5 Å². The van der Waals surface area contributed by atoms with Gasteiger partial charge < -0.3 is 0 Å². The van der Waals surface area contributed by atoms with Crippen molar-refractivity contribution in [2.45, 2.75) is 91.6 Å². The van der Waals surface area contributed by atoms with Gasteiger partial charge in [-0.3, -0.25) is 9.78 Å². The van der Waals surface area contributed by atoms with Crippen LogP contribution >= 0.6 is 0 Å². The lowest BCUT2D eigenvalue weighted by atomic mass is 9.89. The van der Waals surface area contributed by atoms with Crippen molar-refractivity contribution < 1.29 is 29.3 Å². The smallest absolute Gasteiger partial charge is 0.194 e. The van der Waals surface area contributed by atoms with E-state index in [4.69, 9.17) is 29.3 Å². The standard InChI is InChI=1S/C20H32O6/c1-17(2,3)23-25-19(7,8)13-11-12-14-15(16(13)22-21-14)20(9,10)26-24-18(4,5)6/h11-12H,1-10H3. The summed E-state index contributed by atoms with van der Waals surface area (Å²) >= 11 is 0. The van der Waals surface area contributed by atoms with E-state index in [9.17, 15) is 0 Å². The van der Waals surface area contributed by atoms with Crippen LogP contribution in [0.1, 0.15) is 80.4 Å². The summed E-state index contributed by atoms with van der Waals surface area (Å²) in [7, 11) is 0. The van der Waals surface area contributed by atoms with Gasteiger partial charge in [0.25, 0.3) is 0 Å². The van der Waals surface area contributed by atoms with E-state index in [1.807, 2.05) is 81.4 Å². The van der Waals surface area contributed by atoms with E-state index in [0.717, 1.165) is 11.1 Å². The Morgan fingerprint density at radius 3 is 1.62 bits per heavy atom. The number of benzene rings is 1. The first-order valence-corrected chi connectivity index (χ1v) is 8.89. The Kier molecular flexibility index (Phi) is 5.38. The highest BCUT2D eigenvalue weighted by Crippen LogP contribution is 2.49. The van der Waals surface area contributed by atoms with Gasteiger partial charge in [0.2, 0.25) is 0 Å². The molecule has 0 N–H and O–H groups in total. The molecule has 148 valence electrons. The Morgan fingerprint density at radius 1 is 0.615 bits per heavy atom. The largest absolute Gasteiger partial charge is 0.289 e. The van der Waals surface area contributed by atoms with E-state index in [2.05, 4.69) is 0 Å². The summed E-state index contributed by atoms with van der Waals surface area (Å²) in [6.45, 7) is 19.2. The van der Waals surface area contributed by atoms with Gasteiger partial charge in [0, 0.05) is 5.56 Å². The summed E-state index contributed by atoms with van der Waals surface area (Å²) in [5.74, 6) is 1.16. The Balaban J connectivity index is 2.35. The number of fused-ring (bicyclic) bond motifs is 2. The van der Waals surface area contributed by atoms with Crippen molar-refractivity contribution in [2.24, 2.45) is 0 Å². The van der Waals surface area contributed by atoms with Gasteiger partial charge >= 0.3 is 0 Å². The molecule has 0 radical (unpaired) electrons. The second-order valence-electron chi connectivity index (χ2n) is 9.56. The third-order valence-electron chi connectivity index (χ3n) is 3.58. The minimum Gasteiger partial charge on any atom is -0.289 e. The molecule has 0 amide bonds. The van der Waals surface area contributed by atoms with E-state index in [1.165, 1.54) is 0 Å². The van der Waals surface area contributed by atoms with Crippen LogP contribution in [0.2, 0.25) is 0 Å². The Bertz CT molecular complexity index is 649. The van der Waals surface area contributed by atoms with Crippen molar-refractivity contribution in [1.82, 2.24) is 0 Å². The monoisotopic (exact) mass is 368 g/mol. The van der Waals surface area contributed by atoms with E-state index >= 15 is 0 Å². The molecule has 1 aliphatic rings. The van der Waals surface area contributed by atoms with E-state index < -0.39 is 22.4 Å². The summed E-state index contributed by atoms with van der Waals surface area (Å²) in [5.41, 5.74) is -0.845. The zero-order valence-corrected chi connectivity index (χ0v) is 17.6. The molecule has 26 heavy (non-hydrogen) atoms. The third-order valence-corrected chi connectivity index (χ3v) is 3.58. The van der Waals surface area contributed by atoms with Crippen molar-refractivity contribution in [3.63, 3.8) is 0 Å². The molecule has 6 nitrogen and oxygen atoms in total. The fraction of sp³-hybridized carbons (Fsp3) is 0.700. The fourth-order valence-electron chi connectivity index (χ4n) is 2.40. The van der Waals surface area contributed by atoms with Gasteiger partial charge in [-0.15, -0.1) is 0 Å². The first-order chi connectivity index (χ1) is 11.6. The van der Waals surface area contributed by atoms with Gasteiger partial charge in [0.05, 0.1) is 16.8 Å². The lowest BCUT2D eigenvalue weighted by molar-refractivity contribution is -0.403. The van der Waals surface area contributed by atoms with Crippen molar-refractivity contribution >= 4 is 0 Å². The lowest BCUT2D eigenvalue weighted by Gasteiger charge is -2.31. The summed E-state index contributed by atoms with van der Waals surface area (Å²) < 4.78 is 0. The second kappa shape index (κ2) is 6.68. The normalized spacial score (nSPS) is 15.0. The molecule has 0 saturated heterocycles. The quantitative estimate of drug-likeness (QED) is 0.499. The summed E-state index contributed by atoms with van der Waals surface area (Å²) in [6, 6.07) is 3.75. The predicted molar refractivity (Wildman–Crippen MR) is 97.6 cm³/mol. The first kappa shape index (κ1) is 21.0. The second-order valence-corrected chi connectivity index (χ2v) is 9.56. The summed E-state index contributed by atoms with van der Waals surface area (Å²) in [4.78, 5) is 33.4. The highest BCUT2D eigenvalue weighted by Gasteiger charge is 2.42. The van der Waals surface area contributed by atoms with Crippen molar-refractivity contribution in [3.05, 3.63) is 23.3 Å². The molecule has 0 aliphatic carbocycles. The molecule has 1 heterocycles. The molecule has 0 unspecified atom stereocenters. The van der Waals surface area contributed by atoms with E-state index in [1.54, 1.807) is 0 Å². The van der Waals surface area contributed by atoms with Gasteiger partial charge in [-0.1, -0.05) is 0 Å². The molecule has 1 aromatic rings. The molecular weight excluding hydrogens is 336 g/mol. The Morgan fingerprint density at radius 2 is 1.12 bits per heavy atom. The minimum atomic E-state index is -0.786. The SMILES string of the molecule is CC(C)(C)OOC(C)(C)c1ccc2c(C(C)(C)OOC(C)(C)C)c1OO2. The highest BCUT2D eigenvalue weighted by molar-refractivity contribution is 5.56. The predicted octanol–water partition coefficient (Wildman–Crippen LogP) is 5.34. The van der Waals surface area contributed by atoms with Crippen LogP contribution in [-0.4, -0.2) is 11.2 Å². The highest BCUT2D eigenvalue weighted by atomic mass is 17.2. The van der Waals surface area contributed by atoms with Crippen LogP contribution < -0.4 is 9.78 Å². The van der Waals surface area contributed by atoms with Crippen LogP contribution in [-0.2, 0) is 30.8 Å². The Labute approximate surface area is 156 Å². The number of rotatable bonds is 6.